The van der Waals surface area contributed by atoms with Crippen LogP contribution in [0, 0.1) is 0 Å². The molecule has 0 spiro atoms. The molecule has 33 heavy (non-hydrogen) atoms. The first kappa shape index (κ1) is 29.2. The predicted octanol–water partition coefficient (Wildman–Crippen LogP) is 5.57. The van der Waals surface area contributed by atoms with Crippen LogP contribution in [0.15, 0.2) is 12.1 Å². The van der Waals surface area contributed by atoms with Gasteiger partial charge >= 0.3 is 5.97 Å². The van der Waals surface area contributed by atoms with Gasteiger partial charge in [0, 0.05) is 22.9 Å². The summed E-state index contributed by atoms with van der Waals surface area (Å²) >= 11 is 0. The summed E-state index contributed by atoms with van der Waals surface area (Å²) in [6.45, 7) is 2.53. The fraction of sp³-hybridized carbons (Fsp3) is 0.696. The lowest BCUT2D eigenvalue weighted by Gasteiger charge is -2.16. The second-order valence-corrected chi connectivity index (χ2v) is 11.3. The van der Waals surface area contributed by atoms with Crippen molar-refractivity contribution in [2.24, 2.45) is 0 Å². The number of hydrogen-bond acceptors (Lipinski definition) is 8. The van der Waals surface area contributed by atoms with E-state index in [4.69, 9.17) is 18.9 Å². The summed E-state index contributed by atoms with van der Waals surface area (Å²) in [6.07, 6.45) is 11.9. The van der Waals surface area contributed by atoms with Gasteiger partial charge in [-0.3, -0.25) is 9.52 Å². The number of rotatable bonds is 19. The Labute approximate surface area is 202 Å². The number of esters is 1. The lowest BCUT2D eigenvalue weighted by molar-refractivity contribution is -0.140. The third-order valence-electron chi connectivity index (χ3n) is 5.03. The van der Waals surface area contributed by atoms with Gasteiger partial charge in [0.15, 0.2) is 0 Å². The van der Waals surface area contributed by atoms with Crippen molar-refractivity contribution in [2.45, 2.75) is 71.1 Å². The fourth-order valence-corrected chi connectivity index (χ4v) is 5.23. The van der Waals surface area contributed by atoms with Crippen LogP contribution in [0.5, 0.6) is 17.2 Å². The maximum absolute atomic E-state index is 12.5. The van der Waals surface area contributed by atoms with Crippen molar-refractivity contribution >= 4 is 31.5 Å². The average molecular weight is 506 g/mol. The highest BCUT2D eigenvalue weighted by molar-refractivity contribution is 8.72. The van der Waals surface area contributed by atoms with Crippen LogP contribution in [-0.2, 0) is 18.6 Å². The molecular formula is C23H39NO7S2. The quantitative estimate of drug-likeness (QED) is 0.148. The van der Waals surface area contributed by atoms with Gasteiger partial charge in [0.2, 0.25) is 0 Å². The minimum Gasteiger partial charge on any atom is -0.496 e. The topological polar surface area (TPSA) is 100 Å². The molecule has 0 unspecified atom stereocenters. The highest BCUT2D eigenvalue weighted by Crippen LogP contribution is 2.40. The SMILES string of the molecule is CCCCCCCCCCCCOC(=O)CSS(=O)(=O)Nc1c(OC)cc(OC)cc1OC. The number of carbonyl (C=O) groups is 1. The van der Waals surface area contributed by atoms with Crippen LogP contribution < -0.4 is 18.9 Å². The number of carbonyl (C=O) groups excluding carboxylic acids is 1. The molecule has 0 amide bonds. The molecule has 0 aliphatic heterocycles. The lowest BCUT2D eigenvalue weighted by Crippen LogP contribution is -2.15. The molecule has 0 saturated carbocycles. The number of nitrogens with one attached hydrogen (secondary N) is 1. The summed E-state index contributed by atoms with van der Waals surface area (Å²) in [4.78, 5) is 11.9. The van der Waals surface area contributed by atoms with Crippen molar-refractivity contribution in [2.75, 3.05) is 38.4 Å². The van der Waals surface area contributed by atoms with Crippen LogP contribution >= 0.6 is 10.8 Å². The van der Waals surface area contributed by atoms with Gasteiger partial charge in [-0.1, -0.05) is 64.7 Å². The molecule has 0 saturated heterocycles. The van der Waals surface area contributed by atoms with Crippen LogP contribution in [0.4, 0.5) is 5.69 Å². The molecule has 0 fully saturated rings. The summed E-state index contributed by atoms with van der Waals surface area (Å²) < 4.78 is 48.1. The monoisotopic (exact) mass is 505 g/mol. The van der Waals surface area contributed by atoms with Crippen molar-refractivity contribution in [1.29, 1.82) is 0 Å². The summed E-state index contributed by atoms with van der Waals surface area (Å²) in [7, 11) is 0.848. The van der Waals surface area contributed by atoms with E-state index in [2.05, 4.69) is 11.6 Å². The van der Waals surface area contributed by atoms with Crippen LogP contribution in [0.2, 0.25) is 0 Å². The van der Waals surface area contributed by atoms with E-state index in [9.17, 15) is 13.2 Å². The Morgan fingerprint density at radius 3 is 1.85 bits per heavy atom. The summed E-state index contributed by atoms with van der Waals surface area (Å²) in [5.41, 5.74) is 0.132. The van der Waals surface area contributed by atoms with Gasteiger partial charge in [-0.25, -0.2) is 0 Å². The molecule has 1 rings (SSSR count). The molecule has 0 aliphatic rings. The van der Waals surface area contributed by atoms with Gasteiger partial charge in [0.25, 0.3) is 9.06 Å². The fourth-order valence-electron chi connectivity index (χ4n) is 3.20. The number of ether oxygens (including phenoxy) is 4. The van der Waals surface area contributed by atoms with E-state index in [1.165, 1.54) is 78.4 Å². The van der Waals surface area contributed by atoms with Gasteiger partial charge in [0.05, 0.1) is 27.9 Å². The van der Waals surface area contributed by atoms with E-state index >= 15 is 0 Å². The molecule has 0 aromatic heterocycles. The first-order chi connectivity index (χ1) is 15.9. The van der Waals surface area contributed by atoms with Gasteiger partial charge in [0.1, 0.15) is 28.7 Å². The van der Waals surface area contributed by atoms with Crippen LogP contribution in [0.25, 0.3) is 0 Å². The molecule has 1 N–H and O–H groups in total. The molecule has 0 heterocycles. The van der Waals surface area contributed by atoms with E-state index in [1.54, 1.807) is 0 Å². The van der Waals surface area contributed by atoms with Gasteiger partial charge in [-0.2, -0.15) is 8.42 Å². The molecule has 1 aromatic carbocycles. The first-order valence-electron chi connectivity index (χ1n) is 11.5. The highest BCUT2D eigenvalue weighted by Gasteiger charge is 2.21. The van der Waals surface area contributed by atoms with Crippen molar-refractivity contribution in [1.82, 2.24) is 0 Å². The van der Waals surface area contributed by atoms with Crippen molar-refractivity contribution in [3.05, 3.63) is 12.1 Å². The van der Waals surface area contributed by atoms with Crippen LogP contribution in [0.3, 0.4) is 0 Å². The largest absolute Gasteiger partial charge is 0.496 e. The number of anilines is 1. The second kappa shape index (κ2) is 16.7. The Morgan fingerprint density at radius 2 is 1.36 bits per heavy atom. The van der Waals surface area contributed by atoms with Gasteiger partial charge < -0.3 is 18.9 Å². The highest BCUT2D eigenvalue weighted by atomic mass is 33.1. The minimum absolute atomic E-state index is 0.132. The van der Waals surface area contributed by atoms with Crippen molar-refractivity contribution in [3.63, 3.8) is 0 Å². The Bertz CT molecular complexity index is 775. The Morgan fingerprint density at radius 1 is 0.848 bits per heavy atom. The van der Waals surface area contributed by atoms with E-state index in [0.717, 1.165) is 19.3 Å². The molecular weight excluding hydrogens is 466 g/mol. The average Bonchev–Trinajstić information content (AvgIpc) is 2.81. The number of hydrogen-bond donors (Lipinski definition) is 1. The van der Waals surface area contributed by atoms with Crippen LogP contribution in [0.1, 0.15) is 71.1 Å². The Balaban J connectivity index is 2.32. The molecule has 0 bridgehead atoms. The van der Waals surface area contributed by atoms with Gasteiger partial charge in [-0.05, 0) is 6.42 Å². The third kappa shape index (κ3) is 12.3. The van der Waals surface area contributed by atoms with Crippen molar-refractivity contribution < 1.29 is 32.2 Å². The maximum Gasteiger partial charge on any atom is 0.317 e. The Hall–Kier alpha value is -1.81. The lowest BCUT2D eigenvalue weighted by atomic mass is 10.1. The first-order valence-corrected chi connectivity index (χ1v) is 14.5. The number of methoxy groups -OCH3 is 3. The zero-order valence-corrected chi connectivity index (χ0v) is 21.9. The molecule has 0 radical (unpaired) electrons. The van der Waals surface area contributed by atoms with Crippen LogP contribution in [-0.4, -0.2) is 48.1 Å². The third-order valence-corrected chi connectivity index (χ3v) is 7.69. The molecule has 0 aliphatic carbocycles. The second-order valence-electron chi connectivity index (χ2n) is 7.63. The van der Waals surface area contributed by atoms with Crippen molar-refractivity contribution in [3.8, 4) is 17.2 Å². The molecule has 0 atom stereocenters. The van der Waals surface area contributed by atoms with Gasteiger partial charge in [-0.15, -0.1) is 0 Å². The summed E-state index contributed by atoms with van der Waals surface area (Å²) in [5.74, 6) is 0.0519. The van der Waals surface area contributed by atoms with E-state index in [-0.39, 0.29) is 22.9 Å². The zero-order chi connectivity index (χ0) is 24.5. The standard InChI is InChI=1S/C23H39NO7S2/c1-5-6-7-8-9-10-11-12-13-14-15-31-22(25)18-32-33(26,27)24-23-20(29-3)16-19(28-2)17-21(23)30-4/h16-17,24H,5-15,18H2,1-4H3. The number of unbranched alkanes of at least 4 members (excludes halogenated alkanes) is 9. The van der Waals surface area contributed by atoms with E-state index in [0.29, 0.717) is 23.2 Å². The van der Waals surface area contributed by atoms with E-state index < -0.39 is 15.0 Å². The maximum atomic E-state index is 12.5. The normalized spacial score (nSPS) is 11.2. The summed E-state index contributed by atoms with van der Waals surface area (Å²) in [6, 6.07) is 3.07. The molecule has 8 nitrogen and oxygen atoms in total. The van der Waals surface area contributed by atoms with E-state index in [1.807, 2.05) is 0 Å². The predicted molar refractivity (Wildman–Crippen MR) is 134 cm³/mol. The molecule has 190 valence electrons. The number of benzene rings is 1. The smallest absolute Gasteiger partial charge is 0.317 e. The molecule has 10 heteroatoms. The Kier molecular flexibility index (Phi) is 14.8. The minimum atomic E-state index is -3.90. The molecule has 1 aromatic rings. The summed E-state index contributed by atoms with van der Waals surface area (Å²) in [5, 5.41) is 0. The zero-order valence-electron chi connectivity index (χ0n) is 20.3.